The maximum absolute atomic E-state index is 13.1. The predicted octanol–water partition coefficient (Wildman–Crippen LogP) is 2.96. The summed E-state index contributed by atoms with van der Waals surface area (Å²) in [4.78, 5) is 14.4. The summed E-state index contributed by atoms with van der Waals surface area (Å²) in [5.74, 6) is 0.0212. The molecule has 2 amide bonds. The largest absolute Gasteiger partial charge is 0.391 e. The molecule has 5 nitrogen and oxygen atoms in total. The van der Waals surface area contributed by atoms with Crippen LogP contribution in [0.1, 0.15) is 38.5 Å². The summed E-state index contributed by atoms with van der Waals surface area (Å²) in [6.07, 6.45) is 6.26. The van der Waals surface area contributed by atoms with Gasteiger partial charge in [-0.25, -0.2) is 9.18 Å². The lowest BCUT2D eigenvalue weighted by Crippen LogP contribution is -2.51. The number of carbonyl (C=O) groups is 1. The van der Waals surface area contributed by atoms with Crippen molar-refractivity contribution in [2.24, 2.45) is 5.92 Å². The van der Waals surface area contributed by atoms with Gasteiger partial charge in [-0.3, -0.25) is 4.90 Å². The van der Waals surface area contributed by atoms with Crippen molar-refractivity contribution in [3.63, 3.8) is 0 Å². The van der Waals surface area contributed by atoms with Crippen LogP contribution in [0.3, 0.4) is 0 Å². The van der Waals surface area contributed by atoms with E-state index in [1.807, 2.05) is 0 Å². The van der Waals surface area contributed by atoms with Crippen molar-refractivity contribution in [2.75, 3.05) is 25.0 Å². The molecule has 6 heteroatoms. The first-order valence-corrected chi connectivity index (χ1v) is 9.34. The number of benzene rings is 1. The predicted molar refractivity (Wildman–Crippen MR) is 96.0 cm³/mol. The Morgan fingerprint density at radius 1 is 1.24 bits per heavy atom. The number of hydrogen-bond donors (Lipinski definition) is 3. The molecule has 0 spiro atoms. The first kappa shape index (κ1) is 18.1. The first-order chi connectivity index (χ1) is 12.1. The number of aliphatic hydroxyl groups excluding tert-OH is 1. The second-order valence-corrected chi connectivity index (χ2v) is 7.27. The molecule has 0 aromatic heterocycles. The van der Waals surface area contributed by atoms with Gasteiger partial charge in [0.25, 0.3) is 0 Å². The van der Waals surface area contributed by atoms with Gasteiger partial charge in [0.05, 0.1) is 6.10 Å². The molecule has 3 atom stereocenters. The van der Waals surface area contributed by atoms with Gasteiger partial charge in [0.1, 0.15) is 5.82 Å². The van der Waals surface area contributed by atoms with Crippen LogP contribution in [-0.2, 0) is 0 Å². The molecule has 2 fully saturated rings. The lowest BCUT2D eigenvalue weighted by molar-refractivity contribution is 0.000613. The second-order valence-electron chi connectivity index (χ2n) is 7.27. The van der Waals surface area contributed by atoms with Crippen LogP contribution in [0.4, 0.5) is 14.9 Å². The molecule has 1 heterocycles. The highest BCUT2D eigenvalue weighted by atomic mass is 19.1. The van der Waals surface area contributed by atoms with Crippen LogP contribution < -0.4 is 10.6 Å². The van der Waals surface area contributed by atoms with E-state index in [2.05, 4.69) is 15.5 Å². The maximum Gasteiger partial charge on any atom is 0.319 e. The molecule has 1 aliphatic heterocycles. The van der Waals surface area contributed by atoms with Gasteiger partial charge in [0, 0.05) is 24.8 Å². The summed E-state index contributed by atoms with van der Waals surface area (Å²) in [5.41, 5.74) is 0.452. The van der Waals surface area contributed by atoms with Crippen molar-refractivity contribution in [1.29, 1.82) is 0 Å². The Morgan fingerprint density at radius 3 is 2.88 bits per heavy atom. The quantitative estimate of drug-likeness (QED) is 0.783. The van der Waals surface area contributed by atoms with E-state index in [0.29, 0.717) is 18.2 Å². The monoisotopic (exact) mass is 349 g/mol. The molecular formula is C19H28FN3O2. The topological polar surface area (TPSA) is 64.6 Å². The molecule has 3 N–H and O–H groups in total. The summed E-state index contributed by atoms with van der Waals surface area (Å²) in [6.45, 7) is 2.55. The number of rotatable bonds is 4. The number of nitrogens with zero attached hydrogens (tertiary/aromatic N) is 1. The van der Waals surface area contributed by atoms with Gasteiger partial charge in [0.15, 0.2) is 0 Å². The summed E-state index contributed by atoms with van der Waals surface area (Å²) in [6, 6.07) is 5.85. The van der Waals surface area contributed by atoms with Gasteiger partial charge in [-0.1, -0.05) is 18.9 Å². The summed E-state index contributed by atoms with van der Waals surface area (Å²) in [5, 5.41) is 15.8. The SMILES string of the molecule is O=C(NCC1CCCN(C2CCCCC2O)C1)Nc1cccc(F)c1. The van der Waals surface area contributed by atoms with Crippen LogP contribution in [0.5, 0.6) is 0 Å². The van der Waals surface area contributed by atoms with E-state index in [-0.39, 0.29) is 24.0 Å². The van der Waals surface area contributed by atoms with E-state index in [1.54, 1.807) is 12.1 Å². The van der Waals surface area contributed by atoms with E-state index < -0.39 is 0 Å². The summed E-state index contributed by atoms with van der Waals surface area (Å²) in [7, 11) is 0. The number of urea groups is 1. The highest BCUT2D eigenvalue weighted by Gasteiger charge is 2.32. The Hall–Kier alpha value is -1.66. The Bertz CT molecular complexity index is 584. The van der Waals surface area contributed by atoms with Crippen LogP contribution >= 0.6 is 0 Å². The van der Waals surface area contributed by atoms with Gasteiger partial charge in [-0.15, -0.1) is 0 Å². The Kier molecular flexibility index (Phi) is 6.26. The number of hydrogen-bond acceptors (Lipinski definition) is 3. The third-order valence-electron chi connectivity index (χ3n) is 5.35. The zero-order valence-electron chi connectivity index (χ0n) is 14.6. The molecule has 1 saturated carbocycles. The fourth-order valence-corrected chi connectivity index (χ4v) is 4.06. The van der Waals surface area contributed by atoms with Crippen molar-refractivity contribution >= 4 is 11.7 Å². The molecule has 1 aromatic carbocycles. The third-order valence-corrected chi connectivity index (χ3v) is 5.35. The summed E-state index contributed by atoms with van der Waals surface area (Å²) >= 11 is 0. The van der Waals surface area contributed by atoms with Crippen LogP contribution in [0.2, 0.25) is 0 Å². The number of nitrogens with one attached hydrogen (secondary N) is 2. The van der Waals surface area contributed by atoms with E-state index in [9.17, 15) is 14.3 Å². The zero-order chi connectivity index (χ0) is 17.6. The van der Waals surface area contributed by atoms with Crippen LogP contribution in [0, 0.1) is 11.7 Å². The molecule has 1 saturated heterocycles. The number of piperidine rings is 1. The third kappa shape index (κ3) is 5.16. The molecule has 0 bridgehead atoms. The molecule has 25 heavy (non-hydrogen) atoms. The van der Waals surface area contributed by atoms with E-state index >= 15 is 0 Å². The fourth-order valence-electron chi connectivity index (χ4n) is 4.06. The van der Waals surface area contributed by atoms with Crippen molar-refractivity contribution in [3.8, 4) is 0 Å². The van der Waals surface area contributed by atoms with Gasteiger partial charge >= 0.3 is 6.03 Å². The van der Waals surface area contributed by atoms with E-state index in [1.165, 1.54) is 18.6 Å². The standard InChI is InChI=1S/C19H28FN3O2/c20-15-6-3-7-16(11-15)22-19(25)21-12-14-5-4-10-23(13-14)17-8-1-2-9-18(17)24/h3,6-7,11,14,17-18,24H,1-2,4-5,8-10,12-13H2,(H2,21,22,25). The van der Waals surface area contributed by atoms with Crippen molar-refractivity contribution in [3.05, 3.63) is 30.1 Å². The van der Waals surface area contributed by atoms with Crippen LogP contribution in [0.15, 0.2) is 24.3 Å². The highest BCUT2D eigenvalue weighted by molar-refractivity contribution is 5.89. The Balaban J connectivity index is 1.45. The maximum atomic E-state index is 13.1. The van der Waals surface area contributed by atoms with Gasteiger partial charge in [0.2, 0.25) is 0 Å². The van der Waals surface area contributed by atoms with Gasteiger partial charge in [-0.05, 0) is 56.3 Å². The average molecular weight is 349 g/mol. The molecule has 0 radical (unpaired) electrons. The second kappa shape index (κ2) is 8.63. The van der Waals surface area contributed by atoms with E-state index in [0.717, 1.165) is 45.2 Å². The number of aliphatic hydroxyl groups is 1. The molecule has 3 unspecified atom stereocenters. The molecule has 2 aliphatic rings. The fraction of sp³-hybridized carbons (Fsp3) is 0.632. The minimum Gasteiger partial charge on any atom is -0.391 e. The number of anilines is 1. The molecule has 1 aromatic rings. The molecular weight excluding hydrogens is 321 g/mol. The first-order valence-electron chi connectivity index (χ1n) is 9.34. The van der Waals surface area contributed by atoms with Crippen LogP contribution in [-0.4, -0.2) is 47.8 Å². The number of amides is 2. The van der Waals surface area contributed by atoms with Crippen LogP contribution in [0.25, 0.3) is 0 Å². The van der Waals surface area contributed by atoms with Gasteiger partial charge in [-0.2, -0.15) is 0 Å². The normalized spacial score (nSPS) is 27.7. The number of carbonyl (C=O) groups excluding carboxylic acids is 1. The smallest absolute Gasteiger partial charge is 0.319 e. The number of likely N-dealkylation sites (tertiary alicyclic amines) is 1. The minimum absolute atomic E-state index is 0.211. The van der Waals surface area contributed by atoms with Crippen molar-refractivity contribution < 1.29 is 14.3 Å². The number of halogens is 1. The van der Waals surface area contributed by atoms with Gasteiger partial charge < -0.3 is 15.7 Å². The van der Waals surface area contributed by atoms with Crippen molar-refractivity contribution in [1.82, 2.24) is 10.2 Å². The molecule has 138 valence electrons. The Labute approximate surface area is 148 Å². The van der Waals surface area contributed by atoms with E-state index in [4.69, 9.17) is 0 Å². The zero-order valence-corrected chi connectivity index (χ0v) is 14.6. The highest BCUT2D eigenvalue weighted by Crippen LogP contribution is 2.27. The average Bonchev–Trinajstić information content (AvgIpc) is 2.61. The summed E-state index contributed by atoms with van der Waals surface area (Å²) < 4.78 is 13.1. The lowest BCUT2D eigenvalue weighted by atomic mass is 9.88. The Morgan fingerprint density at radius 2 is 2.08 bits per heavy atom. The molecule has 3 rings (SSSR count). The van der Waals surface area contributed by atoms with Crippen molar-refractivity contribution in [2.45, 2.75) is 50.7 Å². The minimum atomic E-state index is -0.369. The molecule has 1 aliphatic carbocycles. The lowest BCUT2D eigenvalue weighted by Gasteiger charge is -2.42.